The van der Waals surface area contributed by atoms with Gasteiger partial charge in [0.15, 0.2) is 0 Å². The van der Waals surface area contributed by atoms with Crippen LogP contribution in [0.1, 0.15) is 31.0 Å². The van der Waals surface area contributed by atoms with E-state index in [9.17, 15) is 13.2 Å². The number of anilines is 1. The summed E-state index contributed by atoms with van der Waals surface area (Å²) in [4.78, 5) is 12.3. The second-order valence-corrected chi connectivity index (χ2v) is 7.59. The molecule has 0 aromatic heterocycles. The molecule has 2 aromatic rings. The zero-order chi connectivity index (χ0) is 18.6. The first-order valence-electron chi connectivity index (χ1n) is 7.94. The zero-order valence-corrected chi connectivity index (χ0v) is 15.3. The molecule has 25 heavy (non-hydrogen) atoms. The zero-order valence-electron chi connectivity index (χ0n) is 14.5. The van der Waals surface area contributed by atoms with Crippen LogP contribution in [-0.2, 0) is 14.8 Å². The molecule has 0 unspecified atom stereocenters. The minimum Gasteiger partial charge on any atom is -0.325 e. The van der Waals surface area contributed by atoms with Crippen LogP contribution in [0, 0.1) is 6.92 Å². The smallest absolute Gasteiger partial charge is 0.241 e. The quantitative estimate of drug-likeness (QED) is 0.735. The summed E-state index contributed by atoms with van der Waals surface area (Å²) in [5.41, 5.74) is 2.81. The van der Waals surface area contributed by atoms with Crippen LogP contribution < -0.4 is 15.8 Å². The lowest BCUT2D eigenvalue weighted by molar-refractivity contribution is -0.117. The number of nitrogens with two attached hydrogens (primary N) is 1. The Morgan fingerprint density at radius 1 is 1.04 bits per heavy atom. The summed E-state index contributed by atoms with van der Waals surface area (Å²) in [5.74, 6) is -0.205. The van der Waals surface area contributed by atoms with Gasteiger partial charge in [-0.3, -0.25) is 10.1 Å². The molecular formula is C18H23N3O3S. The molecule has 0 saturated carbocycles. The van der Waals surface area contributed by atoms with Crippen molar-refractivity contribution in [3.8, 4) is 0 Å². The summed E-state index contributed by atoms with van der Waals surface area (Å²) in [7, 11) is -3.74. The molecule has 0 saturated heterocycles. The van der Waals surface area contributed by atoms with Gasteiger partial charge in [-0.15, -0.1) is 0 Å². The number of sulfonamides is 1. The monoisotopic (exact) mass is 361 g/mol. The molecule has 6 nitrogen and oxygen atoms in total. The van der Waals surface area contributed by atoms with Gasteiger partial charge in [0.1, 0.15) is 0 Å². The van der Waals surface area contributed by atoms with E-state index in [1.54, 1.807) is 6.92 Å². The highest BCUT2D eigenvalue weighted by atomic mass is 32.2. The Balaban J connectivity index is 1.99. The highest BCUT2D eigenvalue weighted by Crippen LogP contribution is 2.18. The van der Waals surface area contributed by atoms with Crippen molar-refractivity contribution >= 4 is 21.6 Å². The molecule has 0 bridgehead atoms. The van der Waals surface area contributed by atoms with Crippen molar-refractivity contribution in [2.75, 3.05) is 5.32 Å². The maximum atomic E-state index is 12.3. The standard InChI is InChI=1S/C18H23N3O3S/c1-12-6-4-5-7-17(12)13(2)20-14(3)18(22)21-15-8-10-16(11-9-15)25(19,23)24/h4-11,13-14,20H,1-3H3,(H,21,22)(H2,19,23,24)/t13-,14+/m1/s1. The Hall–Kier alpha value is -2.22. The predicted molar refractivity (Wildman–Crippen MR) is 98.6 cm³/mol. The van der Waals surface area contributed by atoms with E-state index in [1.165, 1.54) is 24.3 Å². The third kappa shape index (κ3) is 5.12. The number of hydrogen-bond donors (Lipinski definition) is 3. The van der Waals surface area contributed by atoms with Crippen LogP contribution in [-0.4, -0.2) is 20.4 Å². The van der Waals surface area contributed by atoms with Crippen LogP contribution in [0.3, 0.4) is 0 Å². The molecule has 0 aliphatic rings. The van der Waals surface area contributed by atoms with Crippen molar-refractivity contribution in [3.63, 3.8) is 0 Å². The molecule has 0 fully saturated rings. The first-order chi connectivity index (χ1) is 11.7. The Bertz CT molecular complexity index is 848. The fourth-order valence-corrected chi connectivity index (χ4v) is 3.11. The van der Waals surface area contributed by atoms with E-state index >= 15 is 0 Å². The number of aryl methyl sites for hydroxylation is 1. The van der Waals surface area contributed by atoms with Gasteiger partial charge in [-0.25, -0.2) is 13.6 Å². The molecule has 0 aliphatic heterocycles. The van der Waals surface area contributed by atoms with E-state index in [1.807, 2.05) is 38.1 Å². The Kier molecular flexibility index (Phi) is 5.94. The molecule has 134 valence electrons. The lowest BCUT2D eigenvalue weighted by Gasteiger charge is -2.21. The van der Waals surface area contributed by atoms with Crippen LogP contribution in [0.2, 0.25) is 0 Å². The van der Waals surface area contributed by atoms with Crippen molar-refractivity contribution < 1.29 is 13.2 Å². The lowest BCUT2D eigenvalue weighted by Crippen LogP contribution is -2.39. The highest BCUT2D eigenvalue weighted by molar-refractivity contribution is 7.89. The molecule has 2 rings (SSSR count). The number of carbonyl (C=O) groups is 1. The maximum Gasteiger partial charge on any atom is 0.241 e. The third-order valence-electron chi connectivity index (χ3n) is 4.00. The van der Waals surface area contributed by atoms with Crippen LogP contribution in [0.4, 0.5) is 5.69 Å². The summed E-state index contributed by atoms with van der Waals surface area (Å²) in [6.07, 6.45) is 0. The van der Waals surface area contributed by atoms with Gasteiger partial charge in [-0.2, -0.15) is 0 Å². The average molecular weight is 361 g/mol. The molecule has 0 aliphatic carbocycles. The number of primary sulfonamides is 1. The molecule has 0 spiro atoms. The SMILES string of the molecule is Cc1ccccc1[C@@H](C)N[C@@H](C)C(=O)Nc1ccc(S(N)(=O)=O)cc1. The van der Waals surface area contributed by atoms with Crippen LogP contribution in [0.25, 0.3) is 0 Å². The normalized spacial score (nSPS) is 13.9. The molecule has 1 amide bonds. The minimum atomic E-state index is -3.74. The van der Waals surface area contributed by atoms with Gasteiger partial charge in [0.05, 0.1) is 10.9 Å². The van der Waals surface area contributed by atoms with Gasteiger partial charge in [-0.1, -0.05) is 24.3 Å². The van der Waals surface area contributed by atoms with Crippen LogP contribution >= 0.6 is 0 Å². The second kappa shape index (κ2) is 7.77. The van der Waals surface area contributed by atoms with E-state index in [2.05, 4.69) is 10.6 Å². The lowest BCUT2D eigenvalue weighted by atomic mass is 10.0. The van der Waals surface area contributed by atoms with Crippen molar-refractivity contribution in [1.82, 2.24) is 5.32 Å². The first kappa shape index (κ1) is 19.1. The van der Waals surface area contributed by atoms with Crippen molar-refractivity contribution in [2.45, 2.75) is 37.8 Å². The topological polar surface area (TPSA) is 101 Å². The van der Waals surface area contributed by atoms with Gasteiger partial charge in [0.25, 0.3) is 0 Å². The highest BCUT2D eigenvalue weighted by Gasteiger charge is 2.17. The Labute approximate surface area is 148 Å². The molecule has 2 aromatic carbocycles. The average Bonchev–Trinajstić information content (AvgIpc) is 2.54. The summed E-state index contributed by atoms with van der Waals surface area (Å²) < 4.78 is 22.5. The number of carbonyl (C=O) groups excluding carboxylic acids is 1. The van der Waals surface area contributed by atoms with Crippen molar-refractivity contribution in [3.05, 3.63) is 59.7 Å². The fourth-order valence-electron chi connectivity index (χ4n) is 2.59. The number of nitrogens with one attached hydrogen (secondary N) is 2. The van der Waals surface area contributed by atoms with Crippen molar-refractivity contribution in [2.24, 2.45) is 5.14 Å². The summed E-state index contributed by atoms with van der Waals surface area (Å²) in [6.45, 7) is 5.82. The largest absolute Gasteiger partial charge is 0.325 e. The van der Waals surface area contributed by atoms with Gasteiger partial charge >= 0.3 is 0 Å². The van der Waals surface area contributed by atoms with Crippen LogP contribution in [0.5, 0.6) is 0 Å². The molecule has 0 radical (unpaired) electrons. The molecule has 2 atom stereocenters. The second-order valence-electron chi connectivity index (χ2n) is 6.03. The molecular weight excluding hydrogens is 338 g/mol. The number of rotatable bonds is 6. The van der Waals surface area contributed by atoms with Gasteiger partial charge in [0, 0.05) is 11.7 Å². The molecule has 4 N–H and O–H groups in total. The van der Waals surface area contributed by atoms with E-state index in [0.717, 1.165) is 11.1 Å². The minimum absolute atomic E-state index is 0.00449. The van der Waals surface area contributed by atoms with E-state index in [0.29, 0.717) is 5.69 Å². The number of amides is 1. The van der Waals surface area contributed by atoms with E-state index in [4.69, 9.17) is 5.14 Å². The molecule has 7 heteroatoms. The van der Waals surface area contributed by atoms with Crippen molar-refractivity contribution in [1.29, 1.82) is 0 Å². The number of hydrogen-bond acceptors (Lipinski definition) is 4. The Morgan fingerprint density at radius 3 is 2.20 bits per heavy atom. The predicted octanol–water partition coefficient (Wildman–Crippen LogP) is 2.32. The first-order valence-corrected chi connectivity index (χ1v) is 9.48. The molecule has 0 heterocycles. The summed E-state index contributed by atoms with van der Waals surface area (Å²) >= 11 is 0. The Morgan fingerprint density at radius 2 is 1.64 bits per heavy atom. The summed E-state index contributed by atoms with van der Waals surface area (Å²) in [6, 6.07) is 13.3. The maximum absolute atomic E-state index is 12.3. The van der Waals surface area contributed by atoms with E-state index in [-0.39, 0.29) is 16.8 Å². The van der Waals surface area contributed by atoms with Gasteiger partial charge in [-0.05, 0) is 56.2 Å². The third-order valence-corrected chi connectivity index (χ3v) is 4.93. The summed E-state index contributed by atoms with van der Waals surface area (Å²) in [5, 5.41) is 11.1. The number of benzene rings is 2. The van der Waals surface area contributed by atoms with E-state index < -0.39 is 16.1 Å². The van der Waals surface area contributed by atoms with Crippen LogP contribution in [0.15, 0.2) is 53.4 Å². The van der Waals surface area contributed by atoms with Gasteiger partial charge in [0.2, 0.25) is 15.9 Å². The van der Waals surface area contributed by atoms with Gasteiger partial charge < -0.3 is 5.32 Å². The fraction of sp³-hybridized carbons (Fsp3) is 0.278.